The molecular formula is C17H19ClN4O. The zero-order valence-electron chi connectivity index (χ0n) is 12.7. The van der Waals surface area contributed by atoms with Crippen molar-refractivity contribution in [3.05, 3.63) is 52.7 Å². The average Bonchev–Trinajstić information content (AvgIpc) is 2.90. The number of hydrazine groups is 1. The molecule has 0 aliphatic carbocycles. The van der Waals surface area contributed by atoms with Gasteiger partial charge in [0.15, 0.2) is 5.82 Å². The van der Waals surface area contributed by atoms with Gasteiger partial charge in [0.2, 0.25) is 0 Å². The Morgan fingerprint density at radius 2 is 2.04 bits per heavy atom. The molecule has 5 nitrogen and oxygen atoms in total. The van der Waals surface area contributed by atoms with Gasteiger partial charge in [-0.15, -0.1) is 0 Å². The van der Waals surface area contributed by atoms with Gasteiger partial charge in [-0.3, -0.25) is 0 Å². The summed E-state index contributed by atoms with van der Waals surface area (Å²) in [4.78, 5) is 4.18. The van der Waals surface area contributed by atoms with Crippen LogP contribution in [0.3, 0.4) is 0 Å². The van der Waals surface area contributed by atoms with Crippen LogP contribution in [0, 0.1) is 0 Å². The normalized spacial score (nSPS) is 21.7. The van der Waals surface area contributed by atoms with Crippen molar-refractivity contribution in [1.29, 1.82) is 0 Å². The Labute approximate surface area is 140 Å². The zero-order valence-corrected chi connectivity index (χ0v) is 13.4. The summed E-state index contributed by atoms with van der Waals surface area (Å²) >= 11 is 6.53. The Morgan fingerprint density at radius 1 is 1.26 bits per heavy atom. The van der Waals surface area contributed by atoms with Gasteiger partial charge in [0.25, 0.3) is 0 Å². The highest BCUT2D eigenvalue weighted by molar-refractivity contribution is 6.33. The van der Waals surface area contributed by atoms with E-state index >= 15 is 0 Å². The number of aromatic nitrogens is 1. The van der Waals surface area contributed by atoms with Crippen molar-refractivity contribution in [1.82, 2.24) is 10.3 Å². The minimum Gasteiger partial charge on any atom is -0.484 e. The number of nitrogens with one attached hydrogen (secondary N) is 2. The lowest BCUT2D eigenvalue weighted by atomic mass is 9.68. The maximum atomic E-state index is 6.53. The second-order valence-corrected chi connectivity index (χ2v) is 6.49. The molecule has 120 valence electrons. The summed E-state index contributed by atoms with van der Waals surface area (Å²) in [5.41, 5.74) is 4.72. The maximum Gasteiger partial charge on any atom is 0.159 e. The minimum absolute atomic E-state index is 0.0568. The molecule has 1 saturated heterocycles. The number of hydrogen-bond acceptors (Lipinski definition) is 5. The molecular weight excluding hydrogens is 312 g/mol. The third-order valence-electron chi connectivity index (χ3n) is 5.00. The molecule has 0 saturated carbocycles. The Hall–Kier alpha value is -1.82. The number of halogens is 1. The lowest BCUT2D eigenvalue weighted by molar-refractivity contribution is 0.119. The highest BCUT2D eigenvalue weighted by atomic mass is 35.5. The fourth-order valence-electron chi connectivity index (χ4n) is 3.89. The molecule has 1 aromatic heterocycles. The number of benzene rings is 1. The Morgan fingerprint density at radius 3 is 2.83 bits per heavy atom. The third-order valence-corrected chi connectivity index (χ3v) is 5.40. The Kier molecular flexibility index (Phi) is 3.64. The predicted octanol–water partition coefficient (Wildman–Crippen LogP) is 2.78. The van der Waals surface area contributed by atoms with Crippen LogP contribution in [0.2, 0.25) is 5.02 Å². The van der Waals surface area contributed by atoms with Crippen LogP contribution in [-0.4, -0.2) is 18.1 Å². The molecule has 1 fully saturated rings. The first-order valence-corrected chi connectivity index (χ1v) is 8.22. The third kappa shape index (κ3) is 2.19. The van der Waals surface area contributed by atoms with Crippen LogP contribution in [0.1, 0.15) is 30.1 Å². The van der Waals surface area contributed by atoms with Crippen molar-refractivity contribution < 1.29 is 4.74 Å². The number of hydrogen-bond donors (Lipinski definition) is 3. The SMILES string of the molecule is NNc1nccc([C@@H]2Oc3ccccc3C23CCNCC3)c1Cl. The van der Waals surface area contributed by atoms with Gasteiger partial charge in [-0.1, -0.05) is 29.8 Å². The number of fused-ring (bicyclic) bond motifs is 2. The lowest BCUT2D eigenvalue weighted by Gasteiger charge is -2.38. The van der Waals surface area contributed by atoms with Gasteiger partial charge in [-0.2, -0.15) is 0 Å². The fourth-order valence-corrected chi connectivity index (χ4v) is 4.15. The molecule has 2 aliphatic heterocycles. The number of nitrogen functional groups attached to an aromatic ring is 1. The summed E-state index contributed by atoms with van der Waals surface area (Å²) in [5.74, 6) is 6.96. The topological polar surface area (TPSA) is 72.2 Å². The van der Waals surface area contributed by atoms with Crippen molar-refractivity contribution in [2.75, 3.05) is 18.5 Å². The van der Waals surface area contributed by atoms with E-state index in [1.54, 1.807) is 6.20 Å². The number of nitrogens with zero attached hydrogens (tertiary/aromatic N) is 1. The fraction of sp³-hybridized carbons (Fsp3) is 0.353. The number of anilines is 1. The molecule has 2 aromatic rings. The average molecular weight is 331 g/mol. The molecule has 1 aromatic carbocycles. The molecule has 1 spiro atoms. The van der Waals surface area contributed by atoms with Crippen LogP contribution in [0.15, 0.2) is 36.5 Å². The summed E-state index contributed by atoms with van der Waals surface area (Å²) < 4.78 is 6.36. The predicted molar refractivity (Wildman–Crippen MR) is 90.6 cm³/mol. The Balaban J connectivity index is 1.86. The summed E-state index contributed by atoms with van der Waals surface area (Å²) in [7, 11) is 0. The first-order chi connectivity index (χ1) is 11.3. The van der Waals surface area contributed by atoms with E-state index in [2.05, 4.69) is 27.9 Å². The number of piperidine rings is 1. The van der Waals surface area contributed by atoms with Crippen molar-refractivity contribution in [2.45, 2.75) is 24.4 Å². The van der Waals surface area contributed by atoms with Crippen molar-refractivity contribution in [3.63, 3.8) is 0 Å². The van der Waals surface area contributed by atoms with Crippen LogP contribution in [0.25, 0.3) is 0 Å². The molecule has 1 atom stereocenters. The maximum absolute atomic E-state index is 6.53. The van der Waals surface area contributed by atoms with Gasteiger partial charge in [-0.05, 0) is 38.1 Å². The first kappa shape index (κ1) is 14.8. The van der Waals surface area contributed by atoms with Gasteiger partial charge in [0.1, 0.15) is 11.9 Å². The monoisotopic (exact) mass is 330 g/mol. The van der Waals surface area contributed by atoms with Gasteiger partial charge < -0.3 is 15.5 Å². The van der Waals surface area contributed by atoms with Crippen LogP contribution < -0.4 is 21.3 Å². The van der Waals surface area contributed by atoms with E-state index in [0.717, 1.165) is 37.2 Å². The molecule has 0 amide bonds. The number of nitrogens with two attached hydrogens (primary N) is 1. The molecule has 0 radical (unpaired) electrons. The number of rotatable bonds is 2. The number of pyridine rings is 1. The van der Waals surface area contributed by atoms with Gasteiger partial charge in [-0.25, -0.2) is 10.8 Å². The second-order valence-electron chi connectivity index (χ2n) is 6.11. The standard InChI is InChI=1S/C17H19ClN4O/c18-14-11(5-8-21-16(14)22-19)15-17(6-9-20-10-7-17)12-3-1-2-4-13(12)23-15/h1-5,8,15,20H,6-7,9-10,19H2,(H,21,22)/t15-/m0/s1. The van der Waals surface area contributed by atoms with Crippen LogP contribution in [0.5, 0.6) is 5.75 Å². The van der Waals surface area contributed by atoms with Gasteiger partial charge in [0.05, 0.1) is 5.02 Å². The van der Waals surface area contributed by atoms with E-state index in [-0.39, 0.29) is 11.5 Å². The quantitative estimate of drug-likeness (QED) is 0.583. The highest BCUT2D eigenvalue weighted by Gasteiger charge is 2.50. The van der Waals surface area contributed by atoms with Crippen LogP contribution in [0.4, 0.5) is 5.82 Å². The largest absolute Gasteiger partial charge is 0.484 e. The van der Waals surface area contributed by atoms with Gasteiger partial charge >= 0.3 is 0 Å². The van der Waals surface area contributed by atoms with E-state index < -0.39 is 0 Å². The van der Waals surface area contributed by atoms with Crippen molar-refractivity contribution in [3.8, 4) is 5.75 Å². The van der Waals surface area contributed by atoms with Crippen LogP contribution in [-0.2, 0) is 5.41 Å². The summed E-state index contributed by atoms with van der Waals surface area (Å²) in [6.07, 6.45) is 3.62. The van der Waals surface area contributed by atoms with E-state index in [0.29, 0.717) is 10.8 Å². The zero-order chi connectivity index (χ0) is 15.9. The van der Waals surface area contributed by atoms with Crippen molar-refractivity contribution >= 4 is 17.4 Å². The van der Waals surface area contributed by atoms with E-state index in [1.165, 1.54) is 5.56 Å². The summed E-state index contributed by atoms with van der Waals surface area (Å²) in [6.45, 7) is 1.94. The lowest BCUT2D eigenvalue weighted by Crippen LogP contribution is -2.42. The number of para-hydroxylation sites is 1. The molecule has 4 N–H and O–H groups in total. The van der Waals surface area contributed by atoms with Gasteiger partial charge in [0, 0.05) is 22.7 Å². The smallest absolute Gasteiger partial charge is 0.159 e. The Bertz CT molecular complexity index is 730. The molecule has 23 heavy (non-hydrogen) atoms. The highest BCUT2D eigenvalue weighted by Crippen LogP contribution is 2.56. The first-order valence-electron chi connectivity index (χ1n) is 7.84. The second kappa shape index (κ2) is 5.67. The number of ether oxygens (including phenoxy) is 1. The van der Waals surface area contributed by atoms with Crippen LogP contribution >= 0.6 is 11.6 Å². The molecule has 6 heteroatoms. The summed E-state index contributed by atoms with van der Waals surface area (Å²) in [5, 5.41) is 3.98. The molecule has 0 unspecified atom stereocenters. The summed E-state index contributed by atoms with van der Waals surface area (Å²) in [6, 6.07) is 10.2. The molecule has 2 aliphatic rings. The molecule has 4 rings (SSSR count). The molecule has 3 heterocycles. The minimum atomic E-state index is -0.121. The van der Waals surface area contributed by atoms with E-state index in [1.807, 2.05) is 18.2 Å². The van der Waals surface area contributed by atoms with E-state index in [4.69, 9.17) is 22.2 Å². The van der Waals surface area contributed by atoms with E-state index in [9.17, 15) is 0 Å². The molecule has 0 bridgehead atoms. The van der Waals surface area contributed by atoms with Crippen molar-refractivity contribution in [2.24, 2.45) is 5.84 Å².